The molecule has 0 amide bonds. The fourth-order valence-electron chi connectivity index (χ4n) is 1.49. The van der Waals surface area contributed by atoms with Crippen LogP contribution in [0.2, 0.25) is 0 Å². The van der Waals surface area contributed by atoms with Crippen molar-refractivity contribution in [3.63, 3.8) is 0 Å². The van der Waals surface area contributed by atoms with Gasteiger partial charge in [0.15, 0.2) is 0 Å². The van der Waals surface area contributed by atoms with Gasteiger partial charge in [-0.25, -0.2) is 4.98 Å². The van der Waals surface area contributed by atoms with Gasteiger partial charge < -0.3 is 5.73 Å². The van der Waals surface area contributed by atoms with Crippen molar-refractivity contribution < 1.29 is 0 Å². The van der Waals surface area contributed by atoms with Crippen LogP contribution in [0.15, 0.2) is 0 Å². The van der Waals surface area contributed by atoms with Gasteiger partial charge in [0.05, 0.1) is 15.6 Å². The molecule has 3 N–H and O–H groups in total. The normalized spacial score (nSPS) is 15.8. The Labute approximate surface area is 87.9 Å². The first-order chi connectivity index (χ1) is 6.72. The van der Waals surface area contributed by atoms with Gasteiger partial charge in [0.1, 0.15) is 5.84 Å². The number of nitrogens with one attached hydrogen (secondary N) is 1. The van der Waals surface area contributed by atoms with Crippen LogP contribution in [0.25, 0.3) is 0 Å². The van der Waals surface area contributed by atoms with Crippen molar-refractivity contribution in [3.05, 3.63) is 15.6 Å². The molecule has 0 unspecified atom stereocenters. The zero-order valence-electron chi connectivity index (χ0n) is 8.34. The average molecular weight is 209 g/mol. The molecular formula is C10H15N3S. The summed E-state index contributed by atoms with van der Waals surface area (Å²) in [6.07, 6.45) is 4.53. The Morgan fingerprint density at radius 2 is 2.36 bits per heavy atom. The summed E-state index contributed by atoms with van der Waals surface area (Å²) >= 11 is 1.62. The lowest BCUT2D eigenvalue weighted by Gasteiger charge is -1.96. The summed E-state index contributed by atoms with van der Waals surface area (Å²) in [5.74, 6) is 0.849. The Morgan fingerprint density at radius 1 is 1.64 bits per heavy atom. The third-order valence-corrected chi connectivity index (χ3v) is 3.67. The molecule has 1 heterocycles. The van der Waals surface area contributed by atoms with Crippen molar-refractivity contribution in [1.82, 2.24) is 4.98 Å². The Balaban J connectivity index is 2.29. The molecule has 1 aliphatic carbocycles. The molecule has 0 radical (unpaired) electrons. The van der Waals surface area contributed by atoms with E-state index in [9.17, 15) is 0 Å². The number of nitrogen functional groups attached to an aromatic ring is 1. The van der Waals surface area contributed by atoms with Gasteiger partial charge in [-0.1, -0.05) is 13.3 Å². The highest BCUT2D eigenvalue weighted by molar-refractivity contribution is 7.14. The zero-order valence-corrected chi connectivity index (χ0v) is 9.16. The van der Waals surface area contributed by atoms with E-state index in [1.165, 1.54) is 17.8 Å². The second-order valence-electron chi connectivity index (χ2n) is 3.77. The Hall–Kier alpha value is -0.900. The van der Waals surface area contributed by atoms with E-state index in [4.69, 9.17) is 11.1 Å². The molecule has 1 aromatic heterocycles. The molecule has 0 spiro atoms. The Morgan fingerprint density at radius 3 is 2.86 bits per heavy atom. The van der Waals surface area contributed by atoms with Crippen LogP contribution in [0.3, 0.4) is 0 Å². The topological polar surface area (TPSA) is 62.8 Å². The number of hydrogen-bond donors (Lipinski definition) is 2. The lowest BCUT2D eigenvalue weighted by molar-refractivity contribution is 0.877. The van der Waals surface area contributed by atoms with E-state index in [-0.39, 0.29) is 5.84 Å². The average Bonchev–Trinajstić information content (AvgIpc) is 2.89. The molecule has 3 nitrogen and oxygen atoms in total. The van der Waals surface area contributed by atoms with E-state index < -0.39 is 0 Å². The Kier molecular flexibility index (Phi) is 2.54. The molecule has 1 saturated carbocycles. The number of aryl methyl sites for hydroxylation is 1. The lowest BCUT2D eigenvalue weighted by atomic mass is 10.2. The van der Waals surface area contributed by atoms with Crippen LogP contribution < -0.4 is 5.73 Å². The largest absolute Gasteiger partial charge is 0.383 e. The maximum absolute atomic E-state index is 7.48. The lowest BCUT2D eigenvalue weighted by Crippen LogP contribution is -2.11. The molecule has 0 bridgehead atoms. The molecule has 0 atom stereocenters. The number of aromatic nitrogens is 1. The summed E-state index contributed by atoms with van der Waals surface area (Å²) < 4.78 is 0. The minimum Gasteiger partial charge on any atom is -0.383 e. The number of nitrogens with zero attached hydrogens (tertiary/aromatic N) is 1. The quantitative estimate of drug-likeness (QED) is 0.590. The van der Waals surface area contributed by atoms with E-state index in [2.05, 4.69) is 11.9 Å². The van der Waals surface area contributed by atoms with Crippen molar-refractivity contribution in [3.8, 4) is 0 Å². The van der Waals surface area contributed by atoms with Crippen LogP contribution in [0.1, 0.15) is 47.7 Å². The van der Waals surface area contributed by atoms with Gasteiger partial charge in [0, 0.05) is 5.92 Å². The zero-order chi connectivity index (χ0) is 10.1. The Bertz CT molecular complexity index is 352. The van der Waals surface area contributed by atoms with E-state index in [1.54, 1.807) is 11.3 Å². The minimum atomic E-state index is 0.179. The minimum absolute atomic E-state index is 0.179. The summed E-state index contributed by atoms with van der Waals surface area (Å²) in [6.45, 7) is 2.13. The van der Waals surface area contributed by atoms with Gasteiger partial charge in [0.2, 0.25) is 0 Å². The van der Waals surface area contributed by atoms with E-state index >= 15 is 0 Å². The maximum Gasteiger partial charge on any atom is 0.135 e. The van der Waals surface area contributed by atoms with Crippen LogP contribution in [-0.2, 0) is 6.42 Å². The molecule has 4 heteroatoms. The van der Waals surface area contributed by atoms with Crippen molar-refractivity contribution in [1.29, 1.82) is 5.41 Å². The smallest absolute Gasteiger partial charge is 0.135 e. The predicted molar refractivity (Wildman–Crippen MR) is 59.1 cm³/mol. The summed E-state index contributed by atoms with van der Waals surface area (Å²) in [5.41, 5.74) is 6.57. The second kappa shape index (κ2) is 3.69. The van der Waals surface area contributed by atoms with Gasteiger partial charge in [0.25, 0.3) is 0 Å². The molecule has 0 saturated heterocycles. The van der Waals surface area contributed by atoms with Crippen molar-refractivity contribution in [2.45, 2.75) is 38.5 Å². The molecule has 0 aromatic carbocycles. The highest BCUT2D eigenvalue weighted by Gasteiger charge is 2.28. The summed E-state index contributed by atoms with van der Waals surface area (Å²) in [4.78, 5) is 5.48. The fraction of sp³-hybridized carbons (Fsp3) is 0.600. The van der Waals surface area contributed by atoms with Gasteiger partial charge in [-0.05, 0) is 19.3 Å². The van der Waals surface area contributed by atoms with E-state index in [0.717, 1.165) is 23.4 Å². The van der Waals surface area contributed by atoms with Gasteiger partial charge in [-0.15, -0.1) is 11.3 Å². The number of thiazole rings is 1. The third-order valence-electron chi connectivity index (χ3n) is 2.37. The van der Waals surface area contributed by atoms with Crippen LogP contribution in [0, 0.1) is 5.41 Å². The van der Waals surface area contributed by atoms with Crippen LogP contribution in [0.5, 0.6) is 0 Å². The van der Waals surface area contributed by atoms with Crippen molar-refractivity contribution in [2.24, 2.45) is 5.73 Å². The SMILES string of the molecule is CCCc1nc(C2CC2)sc1C(=N)N. The first-order valence-corrected chi connectivity index (χ1v) is 5.88. The van der Waals surface area contributed by atoms with E-state index in [1.807, 2.05) is 0 Å². The third kappa shape index (κ3) is 1.80. The van der Waals surface area contributed by atoms with Crippen molar-refractivity contribution in [2.75, 3.05) is 0 Å². The molecule has 1 fully saturated rings. The molecule has 2 rings (SSSR count). The molecule has 1 aromatic rings. The molecule has 14 heavy (non-hydrogen) atoms. The predicted octanol–water partition coefficient (Wildman–Crippen LogP) is 2.26. The van der Waals surface area contributed by atoms with E-state index in [0.29, 0.717) is 5.92 Å². The number of rotatable bonds is 4. The van der Waals surface area contributed by atoms with Gasteiger partial charge in [-0.3, -0.25) is 5.41 Å². The number of amidine groups is 1. The molecule has 1 aliphatic rings. The molecule has 76 valence electrons. The van der Waals surface area contributed by atoms with Gasteiger partial charge >= 0.3 is 0 Å². The van der Waals surface area contributed by atoms with Crippen molar-refractivity contribution >= 4 is 17.2 Å². The summed E-state index contributed by atoms with van der Waals surface area (Å²) in [7, 11) is 0. The summed E-state index contributed by atoms with van der Waals surface area (Å²) in [6, 6.07) is 0. The standard InChI is InChI=1S/C10H15N3S/c1-2-3-7-8(9(11)12)14-10(13-7)6-4-5-6/h6H,2-5H2,1H3,(H3,11,12). The van der Waals surface area contributed by atoms with Gasteiger partial charge in [-0.2, -0.15) is 0 Å². The highest BCUT2D eigenvalue weighted by atomic mass is 32.1. The fourth-order valence-corrected chi connectivity index (χ4v) is 2.63. The van der Waals surface area contributed by atoms with Crippen LogP contribution >= 0.6 is 11.3 Å². The maximum atomic E-state index is 7.48. The highest BCUT2D eigenvalue weighted by Crippen LogP contribution is 2.42. The second-order valence-corrected chi connectivity index (χ2v) is 4.80. The first kappa shape index (κ1) is 9.65. The monoisotopic (exact) mass is 209 g/mol. The summed E-state index contributed by atoms with van der Waals surface area (Å²) in [5, 5.41) is 8.67. The molecular weight excluding hydrogens is 194 g/mol. The number of hydrogen-bond acceptors (Lipinski definition) is 3. The molecule has 0 aliphatic heterocycles. The number of nitrogens with two attached hydrogens (primary N) is 1. The first-order valence-electron chi connectivity index (χ1n) is 5.06. The van der Waals surface area contributed by atoms with Crippen LogP contribution in [-0.4, -0.2) is 10.8 Å². The van der Waals surface area contributed by atoms with Crippen LogP contribution in [0.4, 0.5) is 0 Å².